The molecule has 0 aliphatic heterocycles. The van der Waals surface area contributed by atoms with Gasteiger partial charge in [0.1, 0.15) is 6.73 Å². The van der Waals surface area contributed by atoms with Gasteiger partial charge in [0.2, 0.25) is 0 Å². The van der Waals surface area contributed by atoms with Crippen LogP contribution in [0.15, 0.2) is 54.7 Å². The van der Waals surface area contributed by atoms with E-state index in [2.05, 4.69) is 0 Å². The molecule has 4 heteroatoms. The van der Waals surface area contributed by atoms with Crippen LogP contribution in [-0.2, 0) is 24.7 Å². The van der Waals surface area contributed by atoms with Gasteiger partial charge < -0.3 is 14.4 Å². The molecule has 1 aromatic heterocycles. The molecule has 0 atom stereocenters. The molecular weight excluding hydrogens is 286 g/mol. The van der Waals surface area contributed by atoms with Gasteiger partial charge in [0, 0.05) is 22.2 Å². The topological polar surface area (TPSA) is 34.4 Å². The highest BCUT2D eigenvalue weighted by molar-refractivity contribution is 6.31. The molecule has 0 aliphatic rings. The fourth-order valence-electron chi connectivity index (χ4n) is 2.41. The number of aliphatic hydroxyl groups excluding tert-OH is 1. The summed E-state index contributed by atoms with van der Waals surface area (Å²) in [6, 6.07) is 15.7. The Kier molecular flexibility index (Phi) is 4.25. The molecule has 0 unspecified atom stereocenters. The lowest BCUT2D eigenvalue weighted by Crippen LogP contribution is -2.01. The van der Waals surface area contributed by atoms with Gasteiger partial charge in [-0.2, -0.15) is 0 Å². The number of rotatable bonds is 5. The van der Waals surface area contributed by atoms with Crippen molar-refractivity contribution in [1.82, 2.24) is 4.57 Å². The molecule has 21 heavy (non-hydrogen) atoms. The van der Waals surface area contributed by atoms with Crippen molar-refractivity contribution in [1.29, 1.82) is 0 Å². The molecule has 0 aliphatic carbocycles. The highest BCUT2D eigenvalue weighted by Gasteiger charge is 2.08. The Morgan fingerprint density at radius 3 is 2.67 bits per heavy atom. The Hall–Kier alpha value is -1.81. The van der Waals surface area contributed by atoms with Crippen LogP contribution in [0.5, 0.6) is 0 Å². The molecule has 0 saturated heterocycles. The molecule has 3 rings (SSSR count). The second kappa shape index (κ2) is 6.31. The summed E-state index contributed by atoms with van der Waals surface area (Å²) in [6.45, 7) is 0.977. The maximum absolute atomic E-state index is 9.43. The van der Waals surface area contributed by atoms with Crippen LogP contribution in [0.4, 0.5) is 0 Å². The smallest absolute Gasteiger partial charge is 0.123 e. The summed E-state index contributed by atoms with van der Waals surface area (Å²) >= 11 is 6.06. The van der Waals surface area contributed by atoms with E-state index in [4.69, 9.17) is 16.3 Å². The van der Waals surface area contributed by atoms with Crippen LogP contribution in [0.2, 0.25) is 5.02 Å². The number of ether oxygens (including phenoxy) is 1. The zero-order chi connectivity index (χ0) is 14.7. The first kappa shape index (κ1) is 14.1. The van der Waals surface area contributed by atoms with Crippen molar-refractivity contribution in [3.8, 4) is 0 Å². The molecule has 0 spiro atoms. The lowest BCUT2D eigenvalue weighted by Gasteiger charge is -2.07. The van der Waals surface area contributed by atoms with Crippen LogP contribution in [0.25, 0.3) is 10.9 Å². The van der Waals surface area contributed by atoms with E-state index in [1.54, 1.807) is 0 Å². The first-order chi connectivity index (χ1) is 10.3. The number of hydrogen-bond acceptors (Lipinski definition) is 2. The van der Waals surface area contributed by atoms with Crippen LogP contribution in [0.1, 0.15) is 11.1 Å². The van der Waals surface area contributed by atoms with E-state index in [0.717, 1.165) is 22.0 Å². The molecule has 0 saturated carbocycles. The molecule has 1 heterocycles. The Bertz CT molecular complexity index is 737. The number of aromatic nitrogens is 1. The first-order valence-corrected chi connectivity index (χ1v) is 7.15. The summed E-state index contributed by atoms with van der Waals surface area (Å²) < 4.78 is 7.72. The van der Waals surface area contributed by atoms with Gasteiger partial charge in [-0.05, 0) is 17.7 Å². The highest BCUT2D eigenvalue weighted by Crippen LogP contribution is 2.25. The molecule has 1 N–H and O–H groups in total. The molecular formula is C17H16ClNO2. The molecule has 0 amide bonds. The Morgan fingerprint density at radius 1 is 1.10 bits per heavy atom. The SMILES string of the molecule is OCc1cn(COCc2ccccc2)c2cc(Cl)ccc12. The second-order valence-corrected chi connectivity index (χ2v) is 5.34. The van der Waals surface area contributed by atoms with E-state index in [1.165, 1.54) is 0 Å². The predicted octanol–water partition coefficient (Wildman–Crippen LogP) is 3.96. The summed E-state index contributed by atoms with van der Waals surface area (Å²) in [5.41, 5.74) is 2.99. The molecule has 108 valence electrons. The van der Waals surface area contributed by atoms with Crippen LogP contribution >= 0.6 is 11.6 Å². The number of nitrogens with zero attached hydrogens (tertiary/aromatic N) is 1. The Morgan fingerprint density at radius 2 is 1.90 bits per heavy atom. The highest BCUT2D eigenvalue weighted by atomic mass is 35.5. The van der Waals surface area contributed by atoms with Crippen molar-refractivity contribution in [3.05, 3.63) is 70.9 Å². The van der Waals surface area contributed by atoms with Gasteiger partial charge in [-0.3, -0.25) is 0 Å². The van der Waals surface area contributed by atoms with Gasteiger partial charge in [0.05, 0.1) is 18.7 Å². The van der Waals surface area contributed by atoms with Crippen molar-refractivity contribution < 1.29 is 9.84 Å². The average Bonchev–Trinajstić information content (AvgIpc) is 2.86. The van der Waals surface area contributed by atoms with Crippen LogP contribution in [-0.4, -0.2) is 9.67 Å². The number of aliphatic hydroxyl groups is 1. The summed E-state index contributed by atoms with van der Waals surface area (Å²) in [7, 11) is 0. The monoisotopic (exact) mass is 301 g/mol. The van der Waals surface area contributed by atoms with Gasteiger partial charge in [-0.15, -0.1) is 0 Å². The minimum atomic E-state index is 0.00379. The van der Waals surface area contributed by atoms with Gasteiger partial charge in [0.15, 0.2) is 0 Å². The normalized spacial score (nSPS) is 11.1. The minimum Gasteiger partial charge on any atom is -0.392 e. The lowest BCUT2D eigenvalue weighted by atomic mass is 10.2. The fourth-order valence-corrected chi connectivity index (χ4v) is 2.58. The molecule has 3 aromatic rings. The minimum absolute atomic E-state index is 0.00379. The van der Waals surface area contributed by atoms with Crippen molar-refractivity contribution in [2.45, 2.75) is 19.9 Å². The van der Waals surface area contributed by atoms with Crippen molar-refractivity contribution in [2.24, 2.45) is 0 Å². The molecule has 3 nitrogen and oxygen atoms in total. The van der Waals surface area contributed by atoms with Crippen molar-refractivity contribution >= 4 is 22.5 Å². The largest absolute Gasteiger partial charge is 0.392 e. The molecule has 0 fully saturated rings. The summed E-state index contributed by atoms with van der Waals surface area (Å²) in [5, 5.41) is 11.1. The van der Waals surface area contributed by atoms with Gasteiger partial charge in [-0.1, -0.05) is 48.0 Å². The second-order valence-electron chi connectivity index (χ2n) is 4.91. The maximum Gasteiger partial charge on any atom is 0.123 e. The first-order valence-electron chi connectivity index (χ1n) is 6.78. The number of benzene rings is 2. The number of hydrogen-bond donors (Lipinski definition) is 1. The van der Waals surface area contributed by atoms with E-state index in [0.29, 0.717) is 18.4 Å². The summed E-state index contributed by atoms with van der Waals surface area (Å²) in [5.74, 6) is 0. The summed E-state index contributed by atoms with van der Waals surface area (Å²) in [6.07, 6.45) is 1.91. The third kappa shape index (κ3) is 3.10. The van der Waals surface area contributed by atoms with E-state index < -0.39 is 0 Å². The number of fused-ring (bicyclic) bond motifs is 1. The van der Waals surface area contributed by atoms with Gasteiger partial charge in [-0.25, -0.2) is 0 Å². The Labute approximate surface area is 128 Å². The quantitative estimate of drug-likeness (QED) is 0.774. The third-order valence-corrected chi connectivity index (χ3v) is 3.67. The van der Waals surface area contributed by atoms with Crippen LogP contribution in [0, 0.1) is 0 Å². The standard InChI is InChI=1S/C17H16ClNO2/c18-15-6-7-16-14(10-20)9-19(17(16)8-15)12-21-11-13-4-2-1-3-5-13/h1-9,20H,10-12H2. The Balaban J connectivity index is 1.79. The maximum atomic E-state index is 9.43. The van der Waals surface area contributed by atoms with E-state index >= 15 is 0 Å². The molecule has 0 radical (unpaired) electrons. The van der Waals surface area contributed by atoms with E-state index in [-0.39, 0.29) is 6.61 Å². The molecule has 2 aromatic carbocycles. The third-order valence-electron chi connectivity index (χ3n) is 3.44. The average molecular weight is 302 g/mol. The van der Waals surface area contributed by atoms with E-state index in [9.17, 15) is 5.11 Å². The zero-order valence-corrected chi connectivity index (χ0v) is 12.3. The lowest BCUT2D eigenvalue weighted by molar-refractivity contribution is 0.0666. The van der Waals surface area contributed by atoms with E-state index in [1.807, 2.05) is 59.3 Å². The summed E-state index contributed by atoms with van der Waals surface area (Å²) in [4.78, 5) is 0. The number of halogens is 1. The van der Waals surface area contributed by atoms with Gasteiger partial charge in [0.25, 0.3) is 0 Å². The zero-order valence-electron chi connectivity index (χ0n) is 11.5. The predicted molar refractivity (Wildman–Crippen MR) is 84.1 cm³/mol. The van der Waals surface area contributed by atoms with Crippen molar-refractivity contribution in [3.63, 3.8) is 0 Å². The van der Waals surface area contributed by atoms with Crippen LogP contribution < -0.4 is 0 Å². The van der Waals surface area contributed by atoms with Crippen molar-refractivity contribution in [2.75, 3.05) is 0 Å². The van der Waals surface area contributed by atoms with Crippen LogP contribution in [0.3, 0.4) is 0 Å². The van der Waals surface area contributed by atoms with Gasteiger partial charge >= 0.3 is 0 Å². The fraction of sp³-hybridized carbons (Fsp3) is 0.176. The molecule has 0 bridgehead atoms.